The van der Waals surface area contributed by atoms with E-state index < -0.39 is 35.1 Å². The van der Waals surface area contributed by atoms with Gasteiger partial charge in [-0.1, -0.05) is 29.8 Å². The van der Waals surface area contributed by atoms with Crippen LogP contribution in [0.1, 0.15) is 22.2 Å². The van der Waals surface area contributed by atoms with Crippen LogP contribution in [0.4, 0.5) is 14.5 Å². The molecule has 0 radical (unpaired) electrons. The number of amides is 1. The molecule has 0 aliphatic carbocycles. The fourth-order valence-electron chi connectivity index (χ4n) is 4.17. The zero-order chi connectivity index (χ0) is 24.9. The molecule has 1 N–H and O–H groups in total. The number of Topliss-reactive ketones (excluding diaryl/α,β-unsaturated/α-hetero) is 1. The normalized spacial score (nSPS) is 15.8. The molecule has 1 aromatic heterocycles. The molecule has 6 nitrogen and oxygen atoms in total. The van der Waals surface area contributed by atoms with Gasteiger partial charge in [-0.15, -0.1) is 0 Å². The molecular weight excluding hydrogens is 480 g/mol. The molecule has 9 heteroatoms. The van der Waals surface area contributed by atoms with E-state index in [1.165, 1.54) is 49.6 Å². The fourth-order valence-corrected chi connectivity index (χ4v) is 4.39. The van der Waals surface area contributed by atoms with Gasteiger partial charge in [0.15, 0.2) is 22.9 Å². The first-order chi connectivity index (χ1) is 16.8. The largest absolute Gasteiger partial charge is 0.503 e. The number of hydrogen-bond donors (Lipinski definition) is 1. The molecule has 1 amide bonds. The van der Waals surface area contributed by atoms with Crippen molar-refractivity contribution in [1.82, 2.24) is 0 Å². The maximum Gasteiger partial charge on any atom is 0.294 e. The highest BCUT2D eigenvalue weighted by molar-refractivity contribution is 6.31. The molecule has 0 saturated heterocycles. The number of nitrogens with zero attached hydrogens (tertiary/aromatic N) is 1. The maximum atomic E-state index is 14.0. The van der Waals surface area contributed by atoms with Gasteiger partial charge in [-0.25, -0.2) is 8.78 Å². The van der Waals surface area contributed by atoms with Crippen LogP contribution in [0.2, 0.25) is 5.02 Å². The van der Waals surface area contributed by atoms with E-state index >= 15 is 0 Å². The summed E-state index contributed by atoms with van der Waals surface area (Å²) in [6, 6.07) is 13.6. The van der Waals surface area contributed by atoms with Gasteiger partial charge in [0.2, 0.25) is 5.78 Å². The maximum absolute atomic E-state index is 14.0. The SMILES string of the molecule is COc1cc(Cl)cc2cc(C(=O)C3=C(O)C(=O)N(c4cccc(F)c4)C3c3ccc(F)cc3)oc12. The van der Waals surface area contributed by atoms with Crippen LogP contribution < -0.4 is 9.64 Å². The van der Waals surface area contributed by atoms with Crippen LogP contribution in [0, 0.1) is 11.6 Å². The molecule has 0 saturated carbocycles. The quantitative estimate of drug-likeness (QED) is 0.336. The fraction of sp³-hybridized carbons (Fsp3) is 0.0769. The number of rotatable bonds is 5. The van der Waals surface area contributed by atoms with E-state index in [1.807, 2.05) is 0 Å². The molecule has 0 fully saturated rings. The molecule has 1 unspecified atom stereocenters. The van der Waals surface area contributed by atoms with Gasteiger partial charge in [0, 0.05) is 22.2 Å². The summed E-state index contributed by atoms with van der Waals surface area (Å²) in [4.78, 5) is 27.9. The number of carbonyl (C=O) groups is 2. The molecule has 2 heterocycles. The number of furan rings is 1. The Morgan fingerprint density at radius 1 is 1.06 bits per heavy atom. The van der Waals surface area contributed by atoms with Gasteiger partial charge in [-0.05, 0) is 48.0 Å². The minimum absolute atomic E-state index is 0.108. The van der Waals surface area contributed by atoms with Crippen molar-refractivity contribution in [3.05, 3.63) is 106 Å². The number of methoxy groups -OCH3 is 1. The highest BCUT2D eigenvalue weighted by atomic mass is 35.5. The van der Waals surface area contributed by atoms with Crippen LogP contribution in [0.5, 0.6) is 5.75 Å². The number of aliphatic hydroxyl groups is 1. The lowest BCUT2D eigenvalue weighted by Crippen LogP contribution is -2.31. The Balaban J connectivity index is 1.67. The number of halogens is 3. The van der Waals surface area contributed by atoms with Crippen LogP contribution in [-0.2, 0) is 4.79 Å². The smallest absolute Gasteiger partial charge is 0.294 e. The molecule has 1 atom stereocenters. The molecule has 1 aliphatic rings. The summed E-state index contributed by atoms with van der Waals surface area (Å²) in [5.41, 5.74) is 0.393. The zero-order valence-electron chi connectivity index (χ0n) is 18.1. The van der Waals surface area contributed by atoms with E-state index in [2.05, 4.69) is 0 Å². The molecule has 5 rings (SSSR count). The van der Waals surface area contributed by atoms with E-state index in [4.69, 9.17) is 20.8 Å². The second-order valence-electron chi connectivity index (χ2n) is 7.84. The van der Waals surface area contributed by atoms with E-state index in [0.717, 1.165) is 23.1 Å². The Morgan fingerprint density at radius 2 is 1.80 bits per heavy atom. The zero-order valence-corrected chi connectivity index (χ0v) is 18.8. The van der Waals surface area contributed by atoms with E-state index in [1.54, 1.807) is 6.07 Å². The van der Waals surface area contributed by atoms with Crippen molar-refractivity contribution in [2.75, 3.05) is 12.0 Å². The second-order valence-corrected chi connectivity index (χ2v) is 8.27. The molecule has 3 aromatic carbocycles. The Bertz CT molecular complexity index is 1530. The van der Waals surface area contributed by atoms with Gasteiger partial charge < -0.3 is 14.3 Å². The number of ether oxygens (including phenoxy) is 1. The summed E-state index contributed by atoms with van der Waals surface area (Å²) in [5.74, 6) is -3.54. The second kappa shape index (κ2) is 8.56. The van der Waals surface area contributed by atoms with Crippen molar-refractivity contribution in [3.8, 4) is 5.75 Å². The predicted octanol–water partition coefficient (Wildman–Crippen LogP) is 6.16. The number of ketones is 1. The van der Waals surface area contributed by atoms with Gasteiger partial charge in [-0.2, -0.15) is 0 Å². The summed E-state index contributed by atoms with van der Waals surface area (Å²) >= 11 is 6.11. The van der Waals surface area contributed by atoms with Gasteiger partial charge >= 0.3 is 0 Å². The Morgan fingerprint density at radius 3 is 2.49 bits per heavy atom. The van der Waals surface area contributed by atoms with E-state index in [0.29, 0.717) is 21.7 Å². The summed E-state index contributed by atoms with van der Waals surface area (Å²) in [6.45, 7) is 0. The molecule has 35 heavy (non-hydrogen) atoms. The summed E-state index contributed by atoms with van der Waals surface area (Å²) in [5, 5.41) is 11.6. The van der Waals surface area contributed by atoms with Crippen molar-refractivity contribution >= 4 is 39.9 Å². The minimum atomic E-state index is -1.17. The third-order valence-corrected chi connectivity index (χ3v) is 5.93. The van der Waals surface area contributed by atoms with Crippen LogP contribution in [0.3, 0.4) is 0 Å². The minimum Gasteiger partial charge on any atom is -0.503 e. The lowest BCUT2D eigenvalue weighted by atomic mass is 9.94. The van der Waals surface area contributed by atoms with Gasteiger partial charge in [-0.3, -0.25) is 14.5 Å². The molecule has 176 valence electrons. The average molecular weight is 496 g/mol. The lowest BCUT2D eigenvalue weighted by Gasteiger charge is -2.26. The highest BCUT2D eigenvalue weighted by Gasteiger charge is 2.45. The predicted molar refractivity (Wildman–Crippen MR) is 125 cm³/mol. The molecular formula is C26H16ClF2NO5. The first kappa shape index (κ1) is 22.6. The van der Waals surface area contributed by atoms with Crippen LogP contribution >= 0.6 is 11.6 Å². The standard InChI is InChI=1S/C26H16ClF2NO5/c1-34-20-11-15(27)9-14-10-19(35-25(14)20)23(31)21-22(13-5-7-16(28)8-6-13)30(26(33)24(21)32)18-4-2-3-17(29)12-18/h2-12,22,32H,1H3. The van der Waals surface area contributed by atoms with Crippen LogP contribution in [0.15, 0.2) is 82.5 Å². The van der Waals surface area contributed by atoms with Crippen molar-refractivity contribution in [3.63, 3.8) is 0 Å². The summed E-state index contributed by atoms with van der Waals surface area (Å²) in [6.07, 6.45) is 0. The monoisotopic (exact) mass is 495 g/mol. The van der Waals surface area contributed by atoms with Crippen LogP contribution in [0.25, 0.3) is 11.0 Å². The molecule has 0 bridgehead atoms. The van der Waals surface area contributed by atoms with Gasteiger partial charge in [0.1, 0.15) is 11.6 Å². The number of benzene rings is 3. The summed E-state index contributed by atoms with van der Waals surface area (Å²) < 4.78 is 38.7. The van der Waals surface area contributed by atoms with Crippen molar-refractivity contribution in [2.45, 2.75) is 6.04 Å². The van der Waals surface area contributed by atoms with E-state index in [9.17, 15) is 23.5 Å². The van der Waals surface area contributed by atoms with Crippen molar-refractivity contribution < 1.29 is 32.6 Å². The average Bonchev–Trinajstić information content (AvgIpc) is 3.37. The van der Waals surface area contributed by atoms with Crippen molar-refractivity contribution in [2.24, 2.45) is 0 Å². The van der Waals surface area contributed by atoms with E-state index in [-0.39, 0.29) is 22.6 Å². The third-order valence-electron chi connectivity index (χ3n) is 5.72. The molecule has 1 aliphatic heterocycles. The topological polar surface area (TPSA) is 80.0 Å². The van der Waals surface area contributed by atoms with Gasteiger partial charge in [0.05, 0.1) is 18.7 Å². The first-order valence-corrected chi connectivity index (χ1v) is 10.8. The van der Waals surface area contributed by atoms with Crippen molar-refractivity contribution in [1.29, 1.82) is 0 Å². The van der Waals surface area contributed by atoms with Gasteiger partial charge in [0.25, 0.3) is 5.91 Å². The molecule has 4 aromatic rings. The number of fused-ring (bicyclic) bond motifs is 1. The number of anilines is 1. The lowest BCUT2D eigenvalue weighted by molar-refractivity contribution is -0.117. The first-order valence-electron chi connectivity index (χ1n) is 10.4. The highest BCUT2D eigenvalue weighted by Crippen LogP contribution is 2.43. The van der Waals surface area contributed by atoms with Crippen LogP contribution in [-0.4, -0.2) is 23.9 Å². The number of carbonyl (C=O) groups excluding carboxylic acids is 2. The Kier molecular flexibility index (Phi) is 5.53. The third kappa shape index (κ3) is 3.81. The molecule has 0 spiro atoms. The summed E-state index contributed by atoms with van der Waals surface area (Å²) in [7, 11) is 1.42. The Labute approximate surface area is 202 Å². The Hall–Kier alpha value is -4.17. The number of hydrogen-bond acceptors (Lipinski definition) is 5. The number of aliphatic hydroxyl groups excluding tert-OH is 1.